The molecule has 0 heterocycles. The largest absolute Gasteiger partial charge is 0.497 e. The molecule has 0 spiro atoms. The summed E-state index contributed by atoms with van der Waals surface area (Å²) in [5.41, 5.74) is 2.65. The van der Waals surface area contributed by atoms with Crippen LogP contribution in [-0.4, -0.2) is 18.2 Å². The van der Waals surface area contributed by atoms with E-state index in [9.17, 15) is 14.3 Å². The number of carboxylic acid groups (broad SMARTS) is 1. The number of hydrogen-bond acceptors (Lipinski definition) is 3. The summed E-state index contributed by atoms with van der Waals surface area (Å²) < 4.78 is 41.3. The minimum Gasteiger partial charge on any atom is -0.497 e. The van der Waals surface area contributed by atoms with Gasteiger partial charge in [-0.25, -0.2) is 8.78 Å². The first-order chi connectivity index (χ1) is 16.4. The van der Waals surface area contributed by atoms with Gasteiger partial charge in [0.25, 0.3) is 0 Å². The molecular formula is C28H26F2O4. The van der Waals surface area contributed by atoms with Crippen molar-refractivity contribution in [3.05, 3.63) is 82.9 Å². The van der Waals surface area contributed by atoms with Crippen molar-refractivity contribution in [2.75, 3.05) is 7.11 Å². The SMILES string of the molecule is COc1ccc(F)c(-c2ccc3c(c2F)CC[C@H]3Oc2cccc([C@@H](CC(=O)O)C3CC3)c2)c1. The third-order valence-corrected chi connectivity index (χ3v) is 6.90. The number of carbonyl (C=O) groups is 1. The van der Waals surface area contributed by atoms with Crippen LogP contribution in [0.15, 0.2) is 54.6 Å². The standard InChI is InChI=1S/C28H26F2O4/c1-33-18-7-11-25(29)24(14-18)22-9-8-20-21(28(22)30)10-12-26(20)34-19-4-2-3-17(13-19)23(15-27(31)32)16-5-6-16/h2-4,7-9,11,13-14,16,23,26H,5-6,10,12,15H2,1H3,(H,31,32)/t23-,26+/m0/s1. The molecule has 0 radical (unpaired) electrons. The lowest BCUT2D eigenvalue weighted by molar-refractivity contribution is -0.137. The zero-order valence-electron chi connectivity index (χ0n) is 18.9. The molecule has 3 aromatic rings. The lowest BCUT2D eigenvalue weighted by Gasteiger charge is -2.19. The third kappa shape index (κ3) is 4.37. The summed E-state index contributed by atoms with van der Waals surface area (Å²) in [7, 11) is 1.49. The Bertz CT molecular complexity index is 1240. The van der Waals surface area contributed by atoms with Crippen molar-refractivity contribution < 1.29 is 28.2 Å². The van der Waals surface area contributed by atoms with Crippen molar-refractivity contribution in [1.29, 1.82) is 0 Å². The monoisotopic (exact) mass is 464 g/mol. The number of benzene rings is 3. The molecule has 2 aliphatic carbocycles. The smallest absolute Gasteiger partial charge is 0.303 e. The van der Waals surface area contributed by atoms with E-state index in [2.05, 4.69) is 0 Å². The van der Waals surface area contributed by atoms with Crippen molar-refractivity contribution in [3.8, 4) is 22.6 Å². The molecule has 4 nitrogen and oxygen atoms in total. The van der Waals surface area contributed by atoms with Crippen LogP contribution in [0.25, 0.3) is 11.1 Å². The maximum atomic E-state index is 15.5. The fraction of sp³-hybridized carbons (Fsp3) is 0.321. The van der Waals surface area contributed by atoms with Crippen LogP contribution in [0.3, 0.4) is 0 Å². The van der Waals surface area contributed by atoms with Gasteiger partial charge in [0.15, 0.2) is 0 Å². The predicted molar refractivity (Wildman–Crippen MR) is 124 cm³/mol. The van der Waals surface area contributed by atoms with Crippen LogP contribution in [0.5, 0.6) is 11.5 Å². The topological polar surface area (TPSA) is 55.8 Å². The second-order valence-electron chi connectivity index (χ2n) is 9.10. The molecule has 176 valence electrons. The van der Waals surface area contributed by atoms with Crippen molar-refractivity contribution in [1.82, 2.24) is 0 Å². The Balaban J connectivity index is 1.40. The molecular weight excluding hydrogens is 438 g/mol. The number of halogens is 2. The van der Waals surface area contributed by atoms with Crippen molar-refractivity contribution in [2.45, 2.75) is 44.1 Å². The predicted octanol–water partition coefficient (Wildman–Crippen LogP) is 6.68. The van der Waals surface area contributed by atoms with E-state index in [1.807, 2.05) is 30.3 Å². The molecule has 3 aromatic carbocycles. The zero-order valence-corrected chi connectivity index (χ0v) is 18.9. The fourth-order valence-corrected chi connectivity index (χ4v) is 5.02. The average Bonchev–Trinajstić information content (AvgIpc) is 3.59. The van der Waals surface area contributed by atoms with Gasteiger partial charge in [-0.05, 0) is 84.5 Å². The third-order valence-electron chi connectivity index (χ3n) is 6.90. The van der Waals surface area contributed by atoms with Gasteiger partial charge >= 0.3 is 5.97 Å². The molecule has 0 amide bonds. The van der Waals surface area contributed by atoms with Gasteiger partial charge in [0, 0.05) is 11.1 Å². The average molecular weight is 465 g/mol. The Morgan fingerprint density at radius 2 is 1.85 bits per heavy atom. The van der Waals surface area contributed by atoms with Crippen LogP contribution in [0.4, 0.5) is 8.78 Å². The van der Waals surface area contributed by atoms with Crippen LogP contribution in [0, 0.1) is 17.6 Å². The van der Waals surface area contributed by atoms with Crippen LogP contribution in [-0.2, 0) is 11.2 Å². The van der Waals surface area contributed by atoms with Crippen LogP contribution in [0.2, 0.25) is 0 Å². The molecule has 0 saturated heterocycles. The Hall–Kier alpha value is -3.41. The summed E-state index contributed by atoms with van der Waals surface area (Å²) in [6.45, 7) is 0. The van der Waals surface area contributed by atoms with Gasteiger partial charge in [0.2, 0.25) is 0 Å². The Kier molecular flexibility index (Phi) is 5.98. The number of methoxy groups -OCH3 is 1. The van der Waals surface area contributed by atoms with E-state index in [1.165, 1.54) is 25.3 Å². The summed E-state index contributed by atoms with van der Waals surface area (Å²) in [5.74, 6) is -0.238. The molecule has 0 bridgehead atoms. The molecule has 0 unspecified atom stereocenters. The maximum absolute atomic E-state index is 15.5. The lowest BCUT2D eigenvalue weighted by atomic mass is 9.91. The molecule has 1 fully saturated rings. The van der Waals surface area contributed by atoms with Crippen molar-refractivity contribution in [2.24, 2.45) is 5.92 Å². The summed E-state index contributed by atoms with van der Waals surface area (Å²) in [4.78, 5) is 11.3. The summed E-state index contributed by atoms with van der Waals surface area (Å²) in [5, 5.41) is 9.31. The minimum absolute atomic E-state index is 0.0188. The minimum atomic E-state index is -0.799. The maximum Gasteiger partial charge on any atom is 0.303 e. The normalized spacial score (nSPS) is 17.8. The van der Waals surface area contributed by atoms with Crippen molar-refractivity contribution in [3.63, 3.8) is 0 Å². The van der Waals surface area contributed by atoms with Crippen LogP contribution >= 0.6 is 0 Å². The number of hydrogen-bond donors (Lipinski definition) is 1. The number of aliphatic carboxylic acids is 1. The molecule has 1 saturated carbocycles. The van der Waals surface area contributed by atoms with E-state index in [0.29, 0.717) is 35.8 Å². The van der Waals surface area contributed by atoms with E-state index in [4.69, 9.17) is 9.47 Å². The highest BCUT2D eigenvalue weighted by molar-refractivity contribution is 5.69. The number of carboxylic acids is 1. The second-order valence-corrected chi connectivity index (χ2v) is 9.10. The van der Waals surface area contributed by atoms with Gasteiger partial charge in [0.1, 0.15) is 29.2 Å². The molecule has 2 atom stereocenters. The first-order valence-corrected chi connectivity index (χ1v) is 11.6. The highest BCUT2D eigenvalue weighted by Crippen LogP contribution is 2.46. The van der Waals surface area contributed by atoms with E-state index in [-0.39, 0.29) is 29.6 Å². The van der Waals surface area contributed by atoms with Crippen LogP contribution in [0.1, 0.15) is 54.4 Å². The molecule has 2 aliphatic rings. The Morgan fingerprint density at radius 1 is 1.03 bits per heavy atom. The number of fused-ring (bicyclic) bond motifs is 1. The highest BCUT2D eigenvalue weighted by Gasteiger charge is 2.34. The second kappa shape index (κ2) is 9.09. The van der Waals surface area contributed by atoms with Crippen LogP contribution < -0.4 is 9.47 Å². The van der Waals surface area contributed by atoms with Gasteiger partial charge in [-0.2, -0.15) is 0 Å². The first kappa shape index (κ1) is 22.4. The fourth-order valence-electron chi connectivity index (χ4n) is 5.02. The quantitative estimate of drug-likeness (QED) is 0.404. The van der Waals surface area contributed by atoms with Gasteiger partial charge in [-0.15, -0.1) is 0 Å². The number of ether oxygens (including phenoxy) is 2. The molecule has 34 heavy (non-hydrogen) atoms. The van der Waals surface area contributed by atoms with Gasteiger partial charge in [-0.3, -0.25) is 4.79 Å². The molecule has 1 N–H and O–H groups in total. The molecule has 6 heteroatoms. The lowest BCUT2D eigenvalue weighted by Crippen LogP contribution is -2.09. The van der Waals surface area contributed by atoms with Gasteiger partial charge in [0.05, 0.1) is 13.5 Å². The van der Waals surface area contributed by atoms with Gasteiger partial charge in [-0.1, -0.05) is 24.3 Å². The van der Waals surface area contributed by atoms with E-state index < -0.39 is 17.6 Å². The zero-order chi connectivity index (χ0) is 23.8. The summed E-state index contributed by atoms with van der Waals surface area (Å²) in [6.07, 6.45) is 3.00. The van der Waals surface area contributed by atoms with E-state index >= 15 is 4.39 Å². The van der Waals surface area contributed by atoms with Crippen molar-refractivity contribution >= 4 is 5.97 Å². The Labute approximate surface area is 197 Å². The van der Waals surface area contributed by atoms with Gasteiger partial charge < -0.3 is 14.6 Å². The van der Waals surface area contributed by atoms with E-state index in [1.54, 1.807) is 6.07 Å². The summed E-state index contributed by atoms with van der Waals surface area (Å²) in [6, 6.07) is 15.3. The summed E-state index contributed by atoms with van der Waals surface area (Å²) >= 11 is 0. The first-order valence-electron chi connectivity index (χ1n) is 11.6. The molecule has 5 rings (SSSR count). The van der Waals surface area contributed by atoms with E-state index in [0.717, 1.165) is 24.0 Å². The number of rotatable bonds is 8. The molecule has 0 aromatic heterocycles. The highest BCUT2D eigenvalue weighted by atomic mass is 19.1. The molecule has 0 aliphatic heterocycles. The Morgan fingerprint density at radius 3 is 2.59 bits per heavy atom.